The fourth-order valence-corrected chi connectivity index (χ4v) is 5.67. The maximum atomic E-state index is 6.41. The van der Waals surface area contributed by atoms with Gasteiger partial charge in [-0.15, -0.1) is 0 Å². The first-order chi connectivity index (χ1) is 13.3. The van der Waals surface area contributed by atoms with Gasteiger partial charge in [0.15, 0.2) is 11.6 Å². The van der Waals surface area contributed by atoms with Crippen molar-refractivity contribution in [2.24, 2.45) is 16.3 Å². The molecule has 5 rings (SSSR count). The Morgan fingerprint density at radius 3 is 2.71 bits per heavy atom. The van der Waals surface area contributed by atoms with Crippen LogP contribution in [0, 0.1) is 11.3 Å². The van der Waals surface area contributed by atoms with Gasteiger partial charge in [0.25, 0.3) is 0 Å². The van der Waals surface area contributed by atoms with E-state index in [1.54, 1.807) is 12.7 Å². The maximum Gasteiger partial charge on any atom is 0.166 e. The van der Waals surface area contributed by atoms with Crippen LogP contribution in [-0.4, -0.2) is 57.9 Å². The Labute approximate surface area is 165 Å². The van der Waals surface area contributed by atoms with Gasteiger partial charge >= 0.3 is 0 Å². The van der Waals surface area contributed by atoms with E-state index in [0.29, 0.717) is 5.82 Å². The maximum absolute atomic E-state index is 6.41. The van der Waals surface area contributed by atoms with E-state index in [1.165, 1.54) is 12.8 Å². The highest BCUT2D eigenvalue weighted by atomic mass is 16.8. The summed E-state index contributed by atoms with van der Waals surface area (Å²) >= 11 is 0. The van der Waals surface area contributed by atoms with Gasteiger partial charge in [-0.1, -0.05) is 6.92 Å². The van der Waals surface area contributed by atoms with Gasteiger partial charge in [0.05, 0.1) is 23.9 Å². The highest BCUT2D eigenvalue weighted by Crippen LogP contribution is 2.63. The predicted octanol–water partition coefficient (Wildman–Crippen LogP) is 3.53. The minimum Gasteiger partial charge on any atom is -0.369 e. The first kappa shape index (κ1) is 18.1. The van der Waals surface area contributed by atoms with E-state index in [4.69, 9.17) is 9.47 Å². The number of hydrogen-bond donors (Lipinski definition) is 0. The fraction of sp³-hybridized carbons (Fsp3) is 0.667. The van der Waals surface area contributed by atoms with Crippen LogP contribution in [0.25, 0.3) is 11.0 Å². The van der Waals surface area contributed by atoms with Crippen molar-refractivity contribution in [3.05, 3.63) is 18.6 Å². The summed E-state index contributed by atoms with van der Waals surface area (Å²) in [7, 11) is 3.90. The lowest BCUT2D eigenvalue weighted by Crippen LogP contribution is -2.45. The predicted molar refractivity (Wildman–Crippen MR) is 108 cm³/mol. The molecule has 3 aliphatic rings. The summed E-state index contributed by atoms with van der Waals surface area (Å²) in [6.07, 6.45) is 9.22. The molecule has 2 aromatic heterocycles. The van der Waals surface area contributed by atoms with Crippen molar-refractivity contribution in [2.45, 2.75) is 64.1 Å². The number of ether oxygens (including phenoxy) is 2. The molecule has 0 amide bonds. The first-order valence-corrected chi connectivity index (χ1v) is 10.2. The largest absolute Gasteiger partial charge is 0.369 e. The Balaban J connectivity index is 1.54. The van der Waals surface area contributed by atoms with E-state index >= 15 is 0 Å². The van der Waals surface area contributed by atoms with Crippen LogP contribution in [0.4, 0.5) is 5.82 Å². The summed E-state index contributed by atoms with van der Waals surface area (Å²) in [5.41, 5.74) is 1.15. The Bertz CT molecular complexity index is 928. The number of rotatable bonds is 3. The lowest BCUT2D eigenvalue weighted by molar-refractivity contribution is -0.181. The van der Waals surface area contributed by atoms with Crippen molar-refractivity contribution < 1.29 is 9.47 Å². The second-order valence-electron chi connectivity index (χ2n) is 9.53. The van der Waals surface area contributed by atoms with Crippen LogP contribution in [0.15, 0.2) is 23.6 Å². The molecule has 0 N–H and O–H groups in total. The molecule has 7 nitrogen and oxygen atoms in total. The van der Waals surface area contributed by atoms with Gasteiger partial charge in [-0.3, -0.25) is 0 Å². The Kier molecular flexibility index (Phi) is 3.87. The molecular formula is C21H29N5O2. The van der Waals surface area contributed by atoms with Crippen LogP contribution >= 0.6 is 0 Å². The molecule has 3 atom stereocenters. The number of hydrogen-bond acceptors (Lipinski definition) is 5. The molecule has 0 aromatic carbocycles. The second-order valence-corrected chi connectivity index (χ2v) is 9.53. The van der Waals surface area contributed by atoms with Gasteiger partial charge in [-0.25, -0.2) is 15.0 Å². The molecule has 2 aliphatic carbocycles. The lowest BCUT2D eigenvalue weighted by Gasteiger charge is -2.47. The van der Waals surface area contributed by atoms with Crippen molar-refractivity contribution in [1.82, 2.24) is 19.4 Å². The third kappa shape index (κ3) is 2.67. The highest BCUT2D eigenvalue weighted by Gasteiger charge is 2.65. The van der Waals surface area contributed by atoms with Crippen molar-refractivity contribution in [2.75, 3.05) is 14.1 Å². The Morgan fingerprint density at radius 1 is 1.21 bits per heavy atom. The van der Waals surface area contributed by atoms with Gasteiger partial charge in [0.2, 0.25) is 0 Å². The monoisotopic (exact) mass is 383 g/mol. The summed E-state index contributed by atoms with van der Waals surface area (Å²) in [4.78, 5) is 15.4. The van der Waals surface area contributed by atoms with Crippen LogP contribution in [0.5, 0.6) is 0 Å². The van der Waals surface area contributed by atoms with E-state index in [2.05, 4.69) is 38.7 Å². The summed E-state index contributed by atoms with van der Waals surface area (Å²) in [5.74, 6) is 0.934. The summed E-state index contributed by atoms with van der Waals surface area (Å²) in [6.45, 7) is 6.40. The van der Waals surface area contributed by atoms with E-state index in [-0.39, 0.29) is 23.7 Å². The van der Waals surface area contributed by atoms with E-state index in [0.717, 1.165) is 23.4 Å². The highest BCUT2D eigenvalue weighted by molar-refractivity contribution is 5.87. The van der Waals surface area contributed by atoms with E-state index in [1.807, 2.05) is 32.8 Å². The SMILES string of the molecule is CC1CC2(C1)C[C@@H](n1ccc3c(N=CN(C)C)ncnc31)[C@@H]1OC(C)(C)O[C@@H]12. The molecule has 3 heterocycles. The van der Waals surface area contributed by atoms with Crippen LogP contribution in [0.2, 0.25) is 0 Å². The summed E-state index contributed by atoms with van der Waals surface area (Å²) < 4.78 is 15.1. The standard InChI is InChI=1S/C21H29N5O2/c1-13-8-21(9-13)10-15(16-17(21)28-20(2,3)27-16)26-7-6-14-18(24-12-25(4)5)22-11-23-19(14)26/h6-7,11-13,15-17H,8-10H2,1-5H3/t13?,15-,16+,17+,21?/m1/s1. The zero-order valence-corrected chi connectivity index (χ0v) is 17.3. The van der Waals surface area contributed by atoms with E-state index in [9.17, 15) is 0 Å². The van der Waals surface area contributed by atoms with Crippen molar-refractivity contribution in [3.63, 3.8) is 0 Å². The quantitative estimate of drug-likeness (QED) is 0.599. The fourth-order valence-electron chi connectivity index (χ4n) is 5.67. The van der Waals surface area contributed by atoms with Gasteiger partial charge in [0.1, 0.15) is 18.1 Å². The summed E-state index contributed by atoms with van der Waals surface area (Å²) in [6, 6.07) is 2.29. The zero-order valence-electron chi connectivity index (χ0n) is 17.3. The summed E-state index contributed by atoms with van der Waals surface area (Å²) in [5, 5.41) is 0.971. The third-order valence-electron chi connectivity index (χ3n) is 6.49. The van der Waals surface area contributed by atoms with Gasteiger partial charge < -0.3 is 18.9 Å². The van der Waals surface area contributed by atoms with Crippen LogP contribution in [0.3, 0.4) is 0 Å². The zero-order chi connectivity index (χ0) is 19.7. The lowest BCUT2D eigenvalue weighted by atomic mass is 9.60. The van der Waals surface area contributed by atoms with E-state index < -0.39 is 5.79 Å². The second kappa shape index (κ2) is 6.00. The molecule has 0 unspecified atom stereocenters. The Morgan fingerprint density at radius 2 is 2.00 bits per heavy atom. The molecule has 150 valence electrons. The van der Waals surface area contributed by atoms with Gasteiger partial charge in [-0.2, -0.15) is 0 Å². The van der Waals surface area contributed by atoms with Gasteiger partial charge in [-0.05, 0) is 45.1 Å². The van der Waals surface area contributed by atoms with Crippen LogP contribution in [0.1, 0.15) is 46.1 Å². The molecule has 1 spiro atoms. The topological polar surface area (TPSA) is 64.8 Å². The van der Waals surface area contributed by atoms with Crippen LogP contribution in [-0.2, 0) is 9.47 Å². The average molecular weight is 383 g/mol. The van der Waals surface area contributed by atoms with Crippen molar-refractivity contribution >= 4 is 23.2 Å². The molecular weight excluding hydrogens is 354 g/mol. The van der Waals surface area contributed by atoms with Crippen molar-refractivity contribution in [3.8, 4) is 0 Å². The van der Waals surface area contributed by atoms with Gasteiger partial charge in [0, 0.05) is 25.7 Å². The normalized spacial score (nSPS) is 36.3. The number of aliphatic imine (C=N–C) groups is 1. The van der Waals surface area contributed by atoms with Crippen molar-refractivity contribution in [1.29, 1.82) is 0 Å². The Hall–Kier alpha value is -1.99. The molecule has 0 bridgehead atoms. The average Bonchev–Trinajstić information content (AvgIpc) is 3.23. The smallest absolute Gasteiger partial charge is 0.166 e. The third-order valence-corrected chi connectivity index (χ3v) is 6.49. The molecule has 2 aromatic rings. The molecule has 1 saturated heterocycles. The minimum atomic E-state index is -0.529. The molecule has 28 heavy (non-hydrogen) atoms. The number of aromatic nitrogens is 3. The molecule has 2 saturated carbocycles. The number of fused-ring (bicyclic) bond motifs is 3. The molecule has 1 aliphatic heterocycles. The molecule has 0 radical (unpaired) electrons. The van der Waals surface area contributed by atoms with Crippen LogP contribution < -0.4 is 0 Å². The number of nitrogens with zero attached hydrogens (tertiary/aromatic N) is 5. The minimum absolute atomic E-state index is 0.0572. The first-order valence-electron chi connectivity index (χ1n) is 10.2. The molecule has 7 heteroatoms. The molecule has 3 fully saturated rings.